The third-order valence-corrected chi connectivity index (χ3v) is 4.17. The Bertz CT molecular complexity index is 733. The highest BCUT2D eigenvalue weighted by Crippen LogP contribution is 2.25. The molecule has 0 aliphatic heterocycles. The Hall–Kier alpha value is -2.73. The van der Waals surface area contributed by atoms with E-state index >= 15 is 0 Å². The average molecular weight is 324 g/mol. The first-order chi connectivity index (χ1) is 11.6. The summed E-state index contributed by atoms with van der Waals surface area (Å²) in [6.45, 7) is 0. The van der Waals surface area contributed by atoms with Crippen LogP contribution in [0.5, 0.6) is 0 Å². The number of carbonyl (C=O) groups is 2. The molecule has 0 bridgehead atoms. The SMILES string of the molecule is N[C@@H]1CC[C@H](C(=O)Nc2cccc(C(=O)Nc3ccncc3)c2)C1. The first kappa shape index (κ1) is 16.1. The van der Waals surface area contributed by atoms with Crippen LogP contribution >= 0.6 is 0 Å². The Morgan fingerprint density at radius 2 is 1.83 bits per heavy atom. The van der Waals surface area contributed by atoms with E-state index in [9.17, 15) is 9.59 Å². The van der Waals surface area contributed by atoms with Crippen molar-refractivity contribution >= 4 is 23.2 Å². The fraction of sp³-hybridized carbons (Fsp3) is 0.278. The number of amides is 2. The molecule has 1 saturated carbocycles. The molecule has 1 aromatic heterocycles. The van der Waals surface area contributed by atoms with Crippen LogP contribution in [0.2, 0.25) is 0 Å². The number of benzene rings is 1. The molecule has 1 heterocycles. The summed E-state index contributed by atoms with van der Waals surface area (Å²) in [4.78, 5) is 28.5. The Kier molecular flexibility index (Phi) is 4.86. The second-order valence-corrected chi connectivity index (χ2v) is 6.03. The van der Waals surface area contributed by atoms with Crippen LogP contribution in [0, 0.1) is 5.92 Å². The number of hydrogen-bond donors (Lipinski definition) is 3. The van der Waals surface area contributed by atoms with Gasteiger partial charge in [0.1, 0.15) is 0 Å². The molecule has 1 fully saturated rings. The number of carbonyl (C=O) groups excluding carboxylic acids is 2. The molecule has 6 nitrogen and oxygen atoms in total. The van der Waals surface area contributed by atoms with E-state index in [1.54, 1.807) is 48.8 Å². The molecule has 1 aromatic carbocycles. The summed E-state index contributed by atoms with van der Waals surface area (Å²) in [5, 5.41) is 5.67. The van der Waals surface area contributed by atoms with Crippen LogP contribution < -0.4 is 16.4 Å². The molecule has 3 rings (SSSR count). The largest absolute Gasteiger partial charge is 0.328 e. The number of nitrogens with two attached hydrogens (primary N) is 1. The summed E-state index contributed by atoms with van der Waals surface area (Å²) in [5.74, 6) is -0.316. The third-order valence-electron chi connectivity index (χ3n) is 4.17. The topological polar surface area (TPSA) is 97.1 Å². The van der Waals surface area contributed by atoms with Crippen molar-refractivity contribution in [2.24, 2.45) is 11.7 Å². The number of hydrogen-bond acceptors (Lipinski definition) is 4. The molecule has 1 aliphatic carbocycles. The summed E-state index contributed by atoms with van der Waals surface area (Å²) >= 11 is 0. The number of rotatable bonds is 4. The van der Waals surface area contributed by atoms with E-state index in [2.05, 4.69) is 15.6 Å². The lowest BCUT2D eigenvalue weighted by Crippen LogP contribution is -2.23. The first-order valence-electron chi connectivity index (χ1n) is 8.00. The van der Waals surface area contributed by atoms with Gasteiger partial charge in [0.05, 0.1) is 0 Å². The number of nitrogens with one attached hydrogen (secondary N) is 2. The third kappa shape index (κ3) is 3.97. The highest BCUT2D eigenvalue weighted by Gasteiger charge is 2.27. The molecule has 2 aromatic rings. The maximum Gasteiger partial charge on any atom is 0.255 e. The summed E-state index contributed by atoms with van der Waals surface area (Å²) in [5.41, 5.74) is 7.62. The lowest BCUT2D eigenvalue weighted by molar-refractivity contribution is -0.119. The zero-order chi connectivity index (χ0) is 16.9. The summed E-state index contributed by atoms with van der Waals surface area (Å²) in [6.07, 6.45) is 5.63. The lowest BCUT2D eigenvalue weighted by atomic mass is 10.1. The van der Waals surface area contributed by atoms with Gasteiger partial charge in [-0.15, -0.1) is 0 Å². The smallest absolute Gasteiger partial charge is 0.255 e. The molecule has 124 valence electrons. The van der Waals surface area contributed by atoms with Crippen LogP contribution in [0.1, 0.15) is 29.6 Å². The van der Waals surface area contributed by atoms with E-state index in [1.807, 2.05) is 0 Å². The zero-order valence-corrected chi connectivity index (χ0v) is 13.2. The Morgan fingerprint density at radius 3 is 2.54 bits per heavy atom. The van der Waals surface area contributed by atoms with Gasteiger partial charge < -0.3 is 16.4 Å². The molecule has 0 saturated heterocycles. The molecule has 4 N–H and O–H groups in total. The maximum absolute atomic E-state index is 12.3. The maximum atomic E-state index is 12.3. The van der Waals surface area contributed by atoms with E-state index in [1.165, 1.54) is 0 Å². The molecule has 2 atom stereocenters. The monoisotopic (exact) mass is 324 g/mol. The van der Waals surface area contributed by atoms with Crippen molar-refractivity contribution in [1.29, 1.82) is 0 Å². The van der Waals surface area contributed by atoms with Crippen LogP contribution in [0.4, 0.5) is 11.4 Å². The van der Waals surface area contributed by atoms with Crippen LogP contribution in [0.25, 0.3) is 0 Å². The van der Waals surface area contributed by atoms with Crippen molar-refractivity contribution in [3.63, 3.8) is 0 Å². The second kappa shape index (κ2) is 7.23. The van der Waals surface area contributed by atoms with Crippen molar-refractivity contribution in [2.75, 3.05) is 10.6 Å². The summed E-state index contributed by atoms with van der Waals surface area (Å²) in [6, 6.07) is 10.4. The first-order valence-corrected chi connectivity index (χ1v) is 8.00. The Labute approximate surface area is 140 Å². The highest BCUT2D eigenvalue weighted by molar-refractivity contribution is 6.05. The molecule has 2 amide bonds. The van der Waals surface area contributed by atoms with Gasteiger partial charge in [0.25, 0.3) is 5.91 Å². The molecule has 0 spiro atoms. The number of nitrogens with zero attached hydrogens (tertiary/aromatic N) is 1. The average Bonchev–Trinajstić information content (AvgIpc) is 3.03. The van der Waals surface area contributed by atoms with E-state index in [4.69, 9.17) is 5.73 Å². The fourth-order valence-electron chi connectivity index (χ4n) is 2.88. The van der Waals surface area contributed by atoms with Crippen molar-refractivity contribution in [3.05, 3.63) is 54.4 Å². The molecular weight excluding hydrogens is 304 g/mol. The van der Waals surface area contributed by atoms with Gasteiger partial charge in [-0.1, -0.05) is 6.07 Å². The van der Waals surface area contributed by atoms with Crippen molar-refractivity contribution < 1.29 is 9.59 Å². The zero-order valence-electron chi connectivity index (χ0n) is 13.2. The van der Waals surface area contributed by atoms with Crippen molar-refractivity contribution in [1.82, 2.24) is 4.98 Å². The Balaban J connectivity index is 1.65. The second-order valence-electron chi connectivity index (χ2n) is 6.03. The highest BCUT2D eigenvalue weighted by atomic mass is 16.2. The van der Waals surface area contributed by atoms with Gasteiger partial charge in [-0.25, -0.2) is 0 Å². The van der Waals surface area contributed by atoms with Crippen LogP contribution in [0.3, 0.4) is 0 Å². The molecule has 0 unspecified atom stereocenters. The minimum Gasteiger partial charge on any atom is -0.328 e. The van der Waals surface area contributed by atoms with Gasteiger partial charge in [-0.2, -0.15) is 0 Å². The van der Waals surface area contributed by atoms with Gasteiger partial charge in [-0.05, 0) is 49.6 Å². The van der Waals surface area contributed by atoms with E-state index < -0.39 is 0 Å². The van der Waals surface area contributed by atoms with E-state index in [0.29, 0.717) is 23.4 Å². The molecule has 0 radical (unpaired) electrons. The minimum atomic E-state index is -0.236. The molecule has 6 heteroatoms. The normalized spacial score (nSPS) is 19.7. The van der Waals surface area contributed by atoms with Gasteiger partial charge in [0.2, 0.25) is 5.91 Å². The number of aromatic nitrogens is 1. The van der Waals surface area contributed by atoms with Gasteiger partial charge in [0, 0.05) is 41.3 Å². The van der Waals surface area contributed by atoms with Crippen LogP contribution in [-0.2, 0) is 4.79 Å². The molecule has 1 aliphatic rings. The van der Waals surface area contributed by atoms with Crippen molar-refractivity contribution in [2.45, 2.75) is 25.3 Å². The van der Waals surface area contributed by atoms with Gasteiger partial charge >= 0.3 is 0 Å². The lowest BCUT2D eigenvalue weighted by Gasteiger charge is -2.12. The van der Waals surface area contributed by atoms with E-state index in [0.717, 1.165) is 12.8 Å². The Morgan fingerprint density at radius 1 is 1.04 bits per heavy atom. The standard InChI is InChI=1S/C18H20N4O2/c19-14-5-4-13(10-14)18(24)22-16-3-1-2-12(11-16)17(23)21-15-6-8-20-9-7-15/h1-3,6-9,11,13-14H,4-5,10,19H2,(H,22,24)(H,20,21,23)/t13-,14+/m0/s1. The quantitative estimate of drug-likeness (QED) is 0.804. The minimum absolute atomic E-state index is 0.0327. The predicted octanol–water partition coefficient (Wildman–Crippen LogP) is 2.40. The fourth-order valence-corrected chi connectivity index (χ4v) is 2.88. The summed E-state index contributed by atoms with van der Waals surface area (Å²) in [7, 11) is 0. The van der Waals surface area contributed by atoms with E-state index in [-0.39, 0.29) is 23.8 Å². The summed E-state index contributed by atoms with van der Waals surface area (Å²) < 4.78 is 0. The van der Waals surface area contributed by atoms with Gasteiger partial charge in [-0.3, -0.25) is 14.6 Å². The molecular formula is C18H20N4O2. The van der Waals surface area contributed by atoms with Crippen LogP contribution in [-0.4, -0.2) is 22.8 Å². The van der Waals surface area contributed by atoms with Crippen LogP contribution in [0.15, 0.2) is 48.8 Å². The number of pyridine rings is 1. The predicted molar refractivity (Wildman–Crippen MR) is 92.6 cm³/mol. The molecule has 24 heavy (non-hydrogen) atoms. The van der Waals surface area contributed by atoms with Gasteiger partial charge in [0.15, 0.2) is 0 Å². The number of anilines is 2. The van der Waals surface area contributed by atoms with Crippen molar-refractivity contribution in [3.8, 4) is 0 Å².